The highest BCUT2D eigenvalue weighted by molar-refractivity contribution is 7.18. The van der Waals surface area contributed by atoms with Crippen LogP contribution in [0.25, 0.3) is 10.7 Å². The number of nitrogens with zero attached hydrogens (tertiary/aromatic N) is 4. The molecule has 1 N–H and O–H groups in total. The van der Waals surface area contributed by atoms with E-state index >= 15 is 0 Å². The van der Waals surface area contributed by atoms with Gasteiger partial charge in [0.25, 0.3) is 0 Å². The number of hydrogen-bond acceptors (Lipinski definition) is 5. The lowest BCUT2D eigenvalue weighted by atomic mass is 10.2. The molecule has 0 saturated heterocycles. The zero-order valence-corrected chi connectivity index (χ0v) is 15.4. The SMILES string of the molecule is CN(Cc1cccc(Cl)c1Cl)C(=O)Nc1nnc(-c2ccccn2)s1. The van der Waals surface area contributed by atoms with Crippen molar-refractivity contribution in [1.29, 1.82) is 0 Å². The minimum Gasteiger partial charge on any atom is -0.323 e. The summed E-state index contributed by atoms with van der Waals surface area (Å²) >= 11 is 13.4. The summed E-state index contributed by atoms with van der Waals surface area (Å²) in [6.07, 6.45) is 1.68. The fourth-order valence-electron chi connectivity index (χ4n) is 2.05. The number of aromatic nitrogens is 3. The average Bonchev–Trinajstić information content (AvgIpc) is 3.08. The van der Waals surface area contributed by atoms with E-state index in [1.165, 1.54) is 16.2 Å². The van der Waals surface area contributed by atoms with Crippen molar-refractivity contribution in [3.05, 3.63) is 58.2 Å². The summed E-state index contributed by atoms with van der Waals surface area (Å²) in [6.45, 7) is 0.317. The predicted octanol–water partition coefficient (Wildman–Crippen LogP) is 4.57. The molecule has 2 aromatic heterocycles. The highest BCUT2D eigenvalue weighted by Gasteiger charge is 2.15. The highest BCUT2D eigenvalue weighted by Crippen LogP contribution is 2.27. The molecule has 9 heteroatoms. The largest absolute Gasteiger partial charge is 0.323 e. The van der Waals surface area contributed by atoms with E-state index in [1.807, 2.05) is 24.3 Å². The van der Waals surface area contributed by atoms with Crippen LogP contribution in [-0.4, -0.2) is 33.2 Å². The molecule has 3 rings (SSSR count). The lowest BCUT2D eigenvalue weighted by Gasteiger charge is -2.18. The fraction of sp³-hybridized carbons (Fsp3) is 0.125. The van der Waals surface area contributed by atoms with Crippen molar-refractivity contribution in [2.45, 2.75) is 6.54 Å². The van der Waals surface area contributed by atoms with Gasteiger partial charge in [-0.15, -0.1) is 10.2 Å². The van der Waals surface area contributed by atoms with Crippen LogP contribution in [0.2, 0.25) is 10.0 Å². The van der Waals surface area contributed by atoms with E-state index in [9.17, 15) is 4.79 Å². The molecular formula is C16H13Cl2N5OS. The first-order chi connectivity index (χ1) is 12.0. The second-order valence-corrected chi connectivity index (χ2v) is 6.89. The third-order valence-electron chi connectivity index (χ3n) is 3.31. The van der Waals surface area contributed by atoms with Gasteiger partial charge in [0.15, 0.2) is 5.01 Å². The molecule has 0 fully saturated rings. The number of halogens is 2. The third-order valence-corrected chi connectivity index (χ3v) is 5.03. The summed E-state index contributed by atoms with van der Waals surface area (Å²) in [5.74, 6) is 0. The molecule has 3 aromatic rings. The molecule has 128 valence electrons. The van der Waals surface area contributed by atoms with Gasteiger partial charge < -0.3 is 4.90 Å². The van der Waals surface area contributed by atoms with Gasteiger partial charge in [-0.2, -0.15) is 0 Å². The number of nitrogens with one attached hydrogen (secondary N) is 1. The van der Waals surface area contributed by atoms with E-state index in [0.717, 1.165) is 5.56 Å². The van der Waals surface area contributed by atoms with Crippen molar-refractivity contribution in [2.24, 2.45) is 0 Å². The number of amides is 2. The number of anilines is 1. The van der Waals surface area contributed by atoms with Crippen LogP contribution in [0.1, 0.15) is 5.56 Å². The molecule has 0 spiro atoms. The quantitative estimate of drug-likeness (QED) is 0.704. The summed E-state index contributed by atoms with van der Waals surface area (Å²) < 4.78 is 0. The summed E-state index contributed by atoms with van der Waals surface area (Å²) in [5.41, 5.74) is 1.47. The Hall–Kier alpha value is -2.22. The van der Waals surface area contributed by atoms with E-state index in [2.05, 4.69) is 20.5 Å². The van der Waals surface area contributed by atoms with Crippen LogP contribution >= 0.6 is 34.5 Å². The standard InChI is InChI=1S/C16H13Cl2N5OS/c1-23(9-10-5-4-6-11(17)13(10)18)16(24)20-15-22-21-14(25-15)12-7-2-3-8-19-12/h2-8H,9H2,1H3,(H,20,22,24). The van der Waals surface area contributed by atoms with Gasteiger partial charge >= 0.3 is 6.03 Å². The number of rotatable bonds is 4. The molecule has 25 heavy (non-hydrogen) atoms. The fourth-order valence-corrected chi connectivity index (χ4v) is 3.14. The molecular weight excluding hydrogens is 381 g/mol. The Morgan fingerprint density at radius 1 is 1.20 bits per heavy atom. The number of carbonyl (C=O) groups excluding carboxylic acids is 1. The lowest BCUT2D eigenvalue weighted by molar-refractivity contribution is 0.220. The van der Waals surface area contributed by atoms with E-state index < -0.39 is 0 Å². The molecule has 6 nitrogen and oxygen atoms in total. The van der Waals surface area contributed by atoms with Crippen molar-refractivity contribution >= 4 is 45.7 Å². The van der Waals surface area contributed by atoms with Crippen LogP contribution in [0.3, 0.4) is 0 Å². The number of carbonyl (C=O) groups is 1. The third kappa shape index (κ3) is 4.25. The Balaban J connectivity index is 1.66. The van der Waals surface area contributed by atoms with Crippen molar-refractivity contribution in [3.63, 3.8) is 0 Å². The van der Waals surface area contributed by atoms with E-state index in [-0.39, 0.29) is 6.03 Å². The smallest absolute Gasteiger partial charge is 0.323 e. The Kier molecular flexibility index (Phi) is 5.47. The number of pyridine rings is 1. The summed E-state index contributed by atoms with van der Waals surface area (Å²) in [5, 5.41) is 12.7. The van der Waals surface area contributed by atoms with Crippen LogP contribution in [0.15, 0.2) is 42.6 Å². The molecule has 0 saturated carbocycles. The predicted molar refractivity (Wildman–Crippen MR) is 100 cm³/mol. The van der Waals surface area contributed by atoms with Gasteiger partial charge in [0.2, 0.25) is 5.13 Å². The van der Waals surface area contributed by atoms with E-state index in [0.29, 0.717) is 32.4 Å². The van der Waals surface area contributed by atoms with Crippen molar-refractivity contribution < 1.29 is 4.79 Å². The van der Waals surface area contributed by atoms with Crippen LogP contribution < -0.4 is 5.32 Å². The second kappa shape index (κ2) is 7.77. The monoisotopic (exact) mass is 393 g/mol. The summed E-state index contributed by atoms with van der Waals surface area (Å²) in [7, 11) is 1.66. The number of urea groups is 1. The van der Waals surface area contributed by atoms with Crippen molar-refractivity contribution in [3.8, 4) is 10.7 Å². The van der Waals surface area contributed by atoms with Crippen LogP contribution in [0.4, 0.5) is 9.93 Å². The Morgan fingerprint density at radius 2 is 2.04 bits per heavy atom. The van der Waals surface area contributed by atoms with Gasteiger partial charge in [0.1, 0.15) is 5.69 Å². The Bertz CT molecular complexity index is 887. The van der Waals surface area contributed by atoms with E-state index in [1.54, 1.807) is 25.4 Å². The van der Waals surface area contributed by atoms with Gasteiger partial charge in [0.05, 0.1) is 10.0 Å². The summed E-state index contributed by atoms with van der Waals surface area (Å²) in [4.78, 5) is 18.0. The molecule has 1 aromatic carbocycles. The first-order valence-corrected chi connectivity index (χ1v) is 8.82. The zero-order chi connectivity index (χ0) is 17.8. The van der Waals surface area contributed by atoms with Crippen LogP contribution in [0.5, 0.6) is 0 Å². The van der Waals surface area contributed by atoms with Crippen molar-refractivity contribution in [1.82, 2.24) is 20.1 Å². The minimum atomic E-state index is -0.320. The summed E-state index contributed by atoms with van der Waals surface area (Å²) in [6, 6.07) is 10.5. The molecule has 0 aliphatic heterocycles. The van der Waals surface area contributed by atoms with Crippen LogP contribution in [-0.2, 0) is 6.54 Å². The number of hydrogen-bond donors (Lipinski definition) is 1. The molecule has 0 radical (unpaired) electrons. The highest BCUT2D eigenvalue weighted by atomic mass is 35.5. The van der Waals surface area contributed by atoms with Gasteiger partial charge in [0, 0.05) is 19.8 Å². The lowest BCUT2D eigenvalue weighted by Crippen LogP contribution is -2.30. The topological polar surface area (TPSA) is 71.0 Å². The Labute approximate surface area is 158 Å². The van der Waals surface area contributed by atoms with E-state index in [4.69, 9.17) is 23.2 Å². The second-order valence-electron chi connectivity index (χ2n) is 5.13. The van der Waals surface area contributed by atoms with Gasteiger partial charge in [-0.1, -0.05) is 52.7 Å². The first kappa shape index (κ1) is 17.6. The average molecular weight is 394 g/mol. The minimum absolute atomic E-state index is 0.317. The molecule has 0 aliphatic carbocycles. The first-order valence-electron chi connectivity index (χ1n) is 7.24. The molecule has 0 bridgehead atoms. The molecule has 2 amide bonds. The van der Waals surface area contributed by atoms with Crippen molar-refractivity contribution in [2.75, 3.05) is 12.4 Å². The van der Waals surface area contributed by atoms with Gasteiger partial charge in [-0.25, -0.2) is 4.79 Å². The maximum atomic E-state index is 12.3. The molecule has 2 heterocycles. The molecule has 0 atom stereocenters. The maximum Gasteiger partial charge on any atom is 0.323 e. The molecule has 0 aliphatic rings. The van der Waals surface area contributed by atoms with Gasteiger partial charge in [-0.3, -0.25) is 10.3 Å². The number of benzene rings is 1. The van der Waals surface area contributed by atoms with Crippen LogP contribution in [0, 0.1) is 0 Å². The van der Waals surface area contributed by atoms with Gasteiger partial charge in [-0.05, 0) is 23.8 Å². The maximum absolute atomic E-state index is 12.3. The normalized spacial score (nSPS) is 10.5. The molecule has 0 unspecified atom stereocenters. The Morgan fingerprint density at radius 3 is 2.80 bits per heavy atom. The zero-order valence-electron chi connectivity index (χ0n) is 13.1.